The van der Waals surface area contributed by atoms with Gasteiger partial charge in [0.1, 0.15) is 11.7 Å². The smallest absolute Gasteiger partial charge is 0.237 e. The van der Waals surface area contributed by atoms with Crippen molar-refractivity contribution >= 4 is 17.5 Å². The number of carbonyl (C=O) groups excluding carboxylic acids is 2. The van der Waals surface area contributed by atoms with Gasteiger partial charge in [-0.1, -0.05) is 26.8 Å². The number of phenolic OH excluding ortho intramolecular Hbond substituents is 1. The average Bonchev–Trinajstić information content (AvgIpc) is 2.71. The highest BCUT2D eigenvalue weighted by Crippen LogP contribution is 2.35. The van der Waals surface area contributed by atoms with Crippen LogP contribution in [0, 0.1) is 17.3 Å². The number of benzene rings is 1. The van der Waals surface area contributed by atoms with E-state index in [1.807, 2.05) is 20.8 Å². The average molecular weight is 276 g/mol. The lowest BCUT2D eigenvalue weighted by Crippen LogP contribution is -2.37. The van der Waals surface area contributed by atoms with Gasteiger partial charge in [-0.3, -0.25) is 9.59 Å². The maximum absolute atomic E-state index is 12.3. The molecule has 1 aromatic carbocycles. The molecule has 0 aliphatic carbocycles. The van der Waals surface area contributed by atoms with Crippen molar-refractivity contribution in [2.75, 3.05) is 11.9 Å². The number of nitrogens with one attached hydrogen (secondary N) is 2. The van der Waals surface area contributed by atoms with E-state index in [1.165, 1.54) is 12.1 Å². The van der Waals surface area contributed by atoms with Crippen LogP contribution in [0.25, 0.3) is 0 Å². The van der Waals surface area contributed by atoms with Crippen molar-refractivity contribution < 1.29 is 14.7 Å². The number of aromatic hydroxyl groups is 1. The molecule has 1 saturated heterocycles. The zero-order chi connectivity index (χ0) is 14.9. The van der Waals surface area contributed by atoms with Crippen LogP contribution in [0.5, 0.6) is 5.75 Å². The van der Waals surface area contributed by atoms with Gasteiger partial charge in [-0.2, -0.15) is 0 Å². The Kier molecular flexibility index (Phi) is 3.70. The molecule has 2 amide bonds. The number of amides is 2. The van der Waals surface area contributed by atoms with Gasteiger partial charge in [0.2, 0.25) is 11.8 Å². The van der Waals surface area contributed by atoms with E-state index in [2.05, 4.69) is 10.6 Å². The summed E-state index contributed by atoms with van der Waals surface area (Å²) in [5, 5.41) is 14.8. The maximum atomic E-state index is 12.3. The van der Waals surface area contributed by atoms with Crippen LogP contribution in [0.15, 0.2) is 24.3 Å². The predicted molar refractivity (Wildman–Crippen MR) is 76.2 cm³/mol. The fraction of sp³-hybridized carbons (Fsp3) is 0.467. The van der Waals surface area contributed by atoms with Crippen molar-refractivity contribution in [2.24, 2.45) is 17.3 Å². The van der Waals surface area contributed by atoms with Crippen molar-refractivity contribution in [1.82, 2.24) is 5.32 Å². The van der Waals surface area contributed by atoms with Crippen LogP contribution < -0.4 is 10.6 Å². The van der Waals surface area contributed by atoms with Crippen LogP contribution in [0.1, 0.15) is 20.8 Å². The van der Waals surface area contributed by atoms with E-state index >= 15 is 0 Å². The van der Waals surface area contributed by atoms with Gasteiger partial charge in [-0.15, -0.1) is 0 Å². The first-order chi connectivity index (χ1) is 9.29. The summed E-state index contributed by atoms with van der Waals surface area (Å²) in [5.41, 5.74) is 0.349. The Morgan fingerprint density at radius 1 is 1.40 bits per heavy atom. The highest BCUT2D eigenvalue weighted by Gasteiger charge is 2.45. The largest absolute Gasteiger partial charge is 0.508 e. The first-order valence-electron chi connectivity index (χ1n) is 6.66. The molecule has 1 aromatic rings. The molecule has 0 radical (unpaired) electrons. The minimum Gasteiger partial charge on any atom is -0.508 e. The van der Waals surface area contributed by atoms with Crippen molar-refractivity contribution in [2.45, 2.75) is 20.8 Å². The van der Waals surface area contributed by atoms with E-state index in [0.29, 0.717) is 12.2 Å². The van der Waals surface area contributed by atoms with Crippen molar-refractivity contribution in [1.29, 1.82) is 0 Å². The molecule has 5 nitrogen and oxygen atoms in total. The lowest BCUT2D eigenvalue weighted by molar-refractivity contribution is -0.132. The third kappa shape index (κ3) is 2.92. The van der Waals surface area contributed by atoms with E-state index in [9.17, 15) is 14.7 Å². The minimum absolute atomic E-state index is 0.0488. The second-order valence-corrected chi connectivity index (χ2v) is 6.23. The zero-order valence-electron chi connectivity index (χ0n) is 11.9. The Balaban J connectivity index is 2.17. The van der Waals surface area contributed by atoms with Gasteiger partial charge in [0.05, 0.1) is 0 Å². The van der Waals surface area contributed by atoms with E-state index in [4.69, 9.17) is 0 Å². The van der Waals surface area contributed by atoms with Crippen LogP contribution in [0.3, 0.4) is 0 Å². The Morgan fingerprint density at radius 2 is 2.10 bits per heavy atom. The Bertz CT molecular complexity index is 534. The van der Waals surface area contributed by atoms with Crippen LogP contribution in [-0.2, 0) is 9.59 Å². The van der Waals surface area contributed by atoms with Crippen molar-refractivity contribution in [3.8, 4) is 5.75 Å². The first kappa shape index (κ1) is 14.4. The molecule has 1 fully saturated rings. The molecular weight excluding hydrogens is 256 g/mol. The first-order valence-corrected chi connectivity index (χ1v) is 6.66. The second-order valence-electron chi connectivity index (χ2n) is 6.23. The molecule has 2 atom stereocenters. The molecule has 1 aliphatic heterocycles. The minimum atomic E-state index is -0.697. The molecule has 0 spiro atoms. The Morgan fingerprint density at radius 3 is 2.70 bits per heavy atom. The summed E-state index contributed by atoms with van der Waals surface area (Å²) in [6, 6.07) is 6.30. The van der Waals surface area contributed by atoms with E-state index in [0.717, 1.165) is 0 Å². The third-order valence-corrected chi connectivity index (χ3v) is 3.69. The van der Waals surface area contributed by atoms with Gasteiger partial charge in [-0.25, -0.2) is 0 Å². The van der Waals surface area contributed by atoms with E-state index in [-0.39, 0.29) is 28.9 Å². The van der Waals surface area contributed by atoms with Crippen LogP contribution in [0.4, 0.5) is 5.69 Å². The molecule has 5 heteroatoms. The molecule has 3 N–H and O–H groups in total. The summed E-state index contributed by atoms with van der Waals surface area (Å²) < 4.78 is 0. The highest BCUT2D eigenvalue weighted by atomic mass is 16.3. The number of anilines is 1. The van der Waals surface area contributed by atoms with Crippen LogP contribution >= 0.6 is 0 Å². The number of hydrogen-bond acceptors (Lipinski definition) is 3. The van der Waals surface area contributed by atoms with Gasteiger partial charge in [0.15, 0.2) is 0 Å². The Labute approximate surface area is 118 Å². The molecule has 0 aromatic heterocycles. The van der Waals surface area contributed by atoms with Crippen molar-refractivity contribution in [3.63, 3.8) is 0 Å². The summed E-state index contributed by atoms with van der Waals surface area (Å²) in [4.78, 5) is 24.2. The van der Waals surface area contributed by atoms with Gasteiger partial charge in [0, 0.05) is 24.2 Å². The topological polar surface area (TPSA) is 78.4 Å². The van der Waals surface area contributed by atoms with Gasteiger partial charge < -0.3 is 15.7 Å². The summed E-state index contributed by atoms with van der Waals surface area (Å²) in [7, 11) is 0. The van der Waals surface area contributed by atoms with Crippen molar-refractivity contribution in [3.05, 3.63) is 24.3 Å². The lowest BCUT2D eigenvalue weighted by Gasteiger charge is -2.29. The molecule has 2 unspecified atom stereocenters. The third-order valence-electron chi connectivity index (χ3n) is 3.69. The molecule has 108 valence electrons. The quantitative estimate of drug-likeness (QED) is 0.720. The summed E-state index contributed by atoms with van der Waals surface area (Å²) >= 11 is 0. The fourth-order valence-corrected chi connectivity index (χ4v) is 2.53. The molecule has 1 aliphatic rings. The lowest BCUT2D eigenvalue weighted by atomic mass is 9.74. The molecular formula is C15H20N2O3. The number of phenols is 1. The molecule has 20 heavy (non-hydrogen) atoms. The summed E-state index contributed by atoms with van der Waals surface area (Å²) in [5.74, 6) is -1.23. The number of carbonyl (C=O) groups is 2. The molecule has 2 rings (SSSR count). The molecule has 0 saturated carbocycles. The van der Waals surface area contributed by atoms with E-state index < -0.39 is 5.92 Å². The standard InChI is InChI=1S/C15H20N2O3/c1-15(2,3)11-8-16-13(19)12(11)14(20)17-9-5-4-6-10(18)7-9/h4-7,11-12,18H,8H2,1-3H3,(H,16,19)(H,17,20). The summed E-state index contributed by atoms with van der Waals surface area (Å²) in [6.45, 7) is 6.58. The normalized spacial score (nSPS) is 22.4. The number of rotatable bonds is 2. The van der Waals surface area contributed by atoms with E-state index in [1.54, 1.807) is 12.1 Å². The van der Waals surface area contributed by atoms with Crippen LogP contribution in [0.2, 0.25) is 0 Å². The highest BCUT2D eigenvalue weighted by molar-refractivity contribution is 6.08. The number of hydrogen-bond donors (Lipinski definition) is 3. The van der Waals surface area contributed by atoms with Gasteiger partial charge in [-0.05, 0) is 17.5 Å². The Hall–Kier alpha value is -2.04. The predicted octanol–water partition coefficient (Wildman–Crippen LogP) is 1.74. The summed E-state index contributed by atoms with van der Waals surface area (Å²) in [6.07, 6.45) is 0. The fourth-order valence-electron chi connectivity index (χ4n) is 2.53. The monoisotopic (exact) mass is 276 g/mol. The molecule has 0 bridgehead atoms. The van der Waals surface area contributed by atoms with Gasteiger partial charge >= 0.3 is 0 Å². The maximum Gasteiger partial charge on any atom is 0.237 e. The zero-order valence-corrected chi connectivity index (χ0v) is 11.9. The second kappa shape index (κ2) is 5.15. The van der Waals surface area contributed by atoms with Crippen LogP contribution in [-0.4, -0.2) is 23.5 Å². The molecule has 1 heterocycles. The SMILES string of the molecule is CC(C)(C)C1CNC(=O)C1C(=O)Nc1cccc(O)c1. The van der Waals surface area contributed by atoms with Gasteiger partial charge in [0.25, 0.3) is 0 Å².